The van der Waals surface area contributed by atoms with E-state index in [1.807, 2.05) is 0 Å². The maximum atomic E-state index is 2.70. The van der Waals surface area contributed by atoms with Crippen molar-refractivity contribution in [3.63, 3.8) is 0 Å². The quantitative estimate of drug-likeness (QED) is 0.515. The molecule has 0 spiro atoms. The van der Waals surface area contributed by atoms with Crippen LogP contribution in [0.3, 0.4) is 0 Å². The minimum atomic E-state index is 0.741. The van der Waals surface area contributed by atoms with E-state index in [1.165, 1.54) is 19.3 Å². The summed E-state index contributed by atoms with van der Waals surface area (Å²) in [7, 11) is 0. The van der Waals surface area contributed by atoms with E-state index in [1.54, 1.807) is 51.4 Å². The highest BCUT2D eigenvalue weighted by Gasteiger charge is 2.56. The van der Waals surface area contributed by atoms with Gasteiger partial charge in [-0.2, -0.15) is 0 Å². The summed E-state index contributed by atoms with van der Waals surface area (Å²) in [6, 6.07) is 0. The third-order valence-electron chi connectivity index (χ3n) is 8.36. The molecule has 4 saturated carbocycles. The molecule has 0 aromatic rings. The van der Waals surface area contributed by atoms with Crippen molar-refractivity contribution in [1.29, 1.82) is 0 Å². The van der Waals surface area contributed by atoms with Gasteiger partial charge in [0.2, 0.25) is 0 Å². The van der Waals surface area contributed by atoms with Gasteiger partial charge in [-0.05, 0) is 85.9 Å². The van der Waals surface area contributed by atoms with Crippen LogP contribution in [0.15, 0.2) is 0 Å². The van der Waals surface area contributed by atoms with Gasteiger partial charge in [-0.25, -0.2) is 0 Å². The Bertz CT molecular complexity index is 359. The number of hydrogen-bond donors (Lipinski definition) is 0. The fourth-order valence-corrected chi connectivity index (χ4v) is 7.29. The maximum absolute atomic E-state index is 2.70. The highest BCUT2D eigenvalue weighted by atomic mass is 14.6. The number of hydrogen-bond acceptors (Lipinski definition) is 0. The fraction of sp³-hybridized carbons (Fsp3) is 1.00. The summed E-state index contributed by atoms with van der Waals surface area (Å²) < 4.78 is 0. The molecule has 0 N–H and O–H groups in total. The van der Waals surface area contributed by atoms with Gasteiger partial charge < -0.3 is 0 Å². The minimum Gasteiger partial charge on any atom is -0.0594 e. The lowest BCUT2D eigenvalue weighted by Crippen LogP contribution is -2.51. The lowest BCUT2D eigenvalue weighted by Gasteiger charge is -2.60. The molecular formula is C19H32. The second-order valence-corrected chi connectivity index (χ2v) is 8.99. The van der Waals surface area contributed by atoms with Crippen molar-refractivity contribution < 1.29 is 0 Å². The average Bonchev–Trinajstić information content (AvgIpc) is 2.79. The lowest BCUT2D eigenvalue weighted by atomic mass is 9.45. The molecule has 4 aliphatic carbocycles. The van der Waals surface area contributed by atoms with Gasteiger partial charge in [0.25, 0.3) is 0 Å². The topological polar surface area (TPSA) is 0 Å². The van der Waals surface area contributed by atoms with Gasteiger partial charge in [-0.15, -0.1) is 0 Å². The zero-order chi connectivity index (χ0) is 13.1. The van der Waals surface area contributed by atoms with Gasteiger partial charge in [0.05, 0.1) is 0 Å². The molecule has 0 radical (unpaired) electrons. The fourth-order valence-electron chi connectivity index (χ4n) is 7.29. The lowest BCUT2D eigenvalue weighted by molar-refractivity contribution is -0.103. The largest absolute Gasteiger partial charge is 0.0594 e. The Morgan fingerprint density at radius 1 is 0.684 bits per heavy atom. The zero-order valence-electron chi connectivity index (χ0n) is 13.1. The first-order chi connectivity index (χ1) is 9.13. The summed E-state index contributed by atoms with van der Waals surface area (Å²) in [5.74, 6) is 4.41. The molecule has 4 rings (SSSR count). The first-order valence-corrected chi connectivity index (χ1v) is 9.13. The molecule has 0 heterocycles. The van der Waals surface area contributed by atoms with Crippen molar-refractivity contribution in [2.75, 3.05) is 0 Å². The molecule has 1 unspecified atom stereocenters. The minimum absolute atomic E-state index is 0.741. The Kier molecular flexibility index (Phi) is 2.84. The predicted octanol–water partition coefficient (Wildman–Crippen LogP) is 5.81. The maximum Gasteiger partial charge on any atom is -0.0266 e. The van der Waals surface area contributed by atoms with Gasteiger partial charge in [0.1, 0.15) is 0 Å². The normalized spacial score (nSPS) is 57.2. The van der Waals surface area contributed by atoms with Gasteiger partial charge in [0, 0.05) is 0 Å². The molecule has 0 aromatic carbocycles. The van der Waals surface area contributed by atoms with Crippen molar-refractivity contribution >= 4 is 0 Å². The summed E-state index contributed by atoms with van der Waals surface area (Å²) in [6.45, 7) is 5.33. The molecular weight excluding hydrogens is 228 g/mol. The molecule has 0 bridgehead atoms. The van der Waals surface area contributed by atoms with Crippen molar-refractivity contribution in [3.05, 3.63) is 0 Å². The first kappa shape index (κ1) is 12.7. The zero-order valence-corrected chi connectivity index (χ0v) is 13.1. The molecule has 0 heteroatoms. The van der Waals surface area contributed by atoms with E-state index >= 15 is 0 Å². The van der Waals surface area contributed by atoms with Gasteiger partial charge in [-0.3, -0.25) is 0 Å². The second kappa shape index (κ2) is 4.25. The third-order valence-corrected chi connectivity index (χ3v) is 8.36. The monoisotopic (exact) mass is 260 g/mol. The SMILES string of the molecule is CC12CCC[C@H]1[C@@H]1CC[C@H]3CCCC[C@]3(C)[C@H]1CC2. The Morgan fingerprint density at radius 3 is 2.47 bits per heavy atom. The van der Waals surface area contributed by atoms with Crippen LogP contribution in [0.2, 0.25) is 0 Å². The molecule has 108 valence electrons. The molecule has 4 aliphatic rings. The van der Waals surface area contributed by atoms with E-state index in [-0.39, 0.29) is 0 Å². The van der Waals surface area contributed by atoms with E-state index in [2.05, 4.69) is 13.8 Å². The summed E-state index contributed by atoms with van der Waals surface area (Å²) >= 11 is 0. The molecule has 0 nitrogen and oxygen atoms in total. The Labute approximate surface area is 119 Å². The molecule has 19 heavy (non-hydrogen) atoms. The van der Waals surface area contributed by atoms with Crippen LogP contribution in [0.1, 0.15) is 84.5 Å². The van der Waals surface area contributed by atoms with Crippen molar-refractivity contribution in [3.8, 4) is 0 Å². The summed E-state index contributed by atoms with van der Waals surface area (Å²) in [5.41, 5.74) is 1.49. The summed E-state index contributed by atoms with van der Waals surface area (Å²) in [5, 5.41) is 0. The molecule has 0 aliphatic heterocycles. The van der Waals surface area contributed by atoms with Crippen LogP contribution in [-0.2, 0) is 0 Å². The van der Waals surface area contributed by atoms with E-state index in [0.29, 0.717) is 0 Å². The predicted molar refractivity (Wildman–Crippen MR) is 81.0 cm³/mol. The van der Waals surface area contributed by atoms with Gasteiger partial charge >= 0.3 is 0 Å². The molecule has 6 atom stereocenters. The van der Waals surface area contributed by atoms with Crippen molar-refractivity contribution in [2.45, 2.75) is 84.5 Å². The van der Waals surface area contributed by atoms with E-state index in [0.717, 1.165) is 34.5 Å². The Balaban J connectivity index is 1.64. The van der Waals surface area contributed by atoms with Crippen LogP contribution < -0.4 is 0 Å². The molecule has 4 fully saturated rings. The third kappa shape index (κ3) is 1.70. The van der Waals surface area contributed by atoms with Crippen molar-refractivity contribution in [1.82, 2.24) is 0 Å². The number of fused-ring (bicyclic) bond motifs is 5. The highest BCUT2D eigenvalue weighted by molar-refractivity contribution is 5.06. The smallest absolute Gasteiger partial charge is 0.0266 e. The summed E-state index contributed by atoms with van der Waals surface area (Å²) in [4.78, 5) is 0. The van der Waals surface area contributed by atoms with Gasteiger partial charge in [0.15, 0.2) is 0 Å². The van der Waals surface area contributed by atoms with Crippen LogP contribution in [0.4, 0.5) is 0 Å². The van der Waals surface area contributed by atoms with Crippen molar-refractivity contribution in [2.24, 2.45) is 34.5 Å². The highest BCUT2D eigenvalue weighted by Crippen LogP contribution is 2.66. The Morgan fingerprint density at radius 2 is 1.58 bits per heavy atom. The van der Waals surface area contributed by atoms with Crippen LogP contribution in [0, 0.1) is 34.5 Å². The standard InChI is InChI=1S/C19H32/c1-18-11-5-7-16(18)15-9-8-14-6-3-4-12-19(14,2)17(15)10-13-18/h14-17H,3-13H2,1-2H3/t14-,15+,16+,17+,18?,19+/m1/s1. The molecule has 0 saturated heterocycles. The van der Waals surface area contributed by atoms with E-state index in [4.69, 9.17) is 0 Å². The van der Waals surface area contributed by atoms with Crippen LogP contribution >= 0.6 is 0 Å². The Hall–Kier alpha value is 0. The molecule has 0 amide bonds. The second-order valence-electron chi connectivity index (χ2n) is 8.99. The first-order valence-electron chi connectivity index (χ1n) is 9.13. The van der Waals surface area contributed by atoms with Crippen LogP contribution in [-0.4, -0.2) is 0 Å². The van der Waals surface area contributed by atoms with Crippen LogP contribution in [0.25, 0.3) is 0 Å². The van der Waals surface area contributed by atoms with E-state index in [9.17, 15) is 0 Å². The van der Waals surface area contributed by atoms with Gasteiger partial charge in [-0.1, -0.05) is 33.1 Å². The van der Waals surface area contributed by atoms with Crippen LogP contribution in [0.5, 0.6) is 0 Å². The average molecular weight is 260 g/mol. The van der Waals surface area contributed by atoms with E-state index < -0.39 is 0 Å². The molecule has 0 aromatic heterocycles. The summed E-state index contributed by atoms with van der Waals surface area (Å²) in [6.07, 6.45) is 17.1. The number of rotatable bonds is 0.